The van der Waals surface area contributed by atoms with Crippen molar-refractivity contribution in [3.05, 3.63) is 69.9 Å². The number of hydrogen-bond donors (Lipinski definition) is 0. The Bertz CT molecular complexity index is 1050. The van der Waals surface area contributed by atoms with Crippen molar-refractivity contribution in [1.29, 1.82) is 0 Å². The van der Waals surface area contributed by atoms with Gasteiger partial charge in [0.2, 0.25) is 0 Å². The molecule has 4 rings (SSSR count). The van der Waals surface area contributed by atoms with Crippen molar-refractivity contribution in [2.24, 2.45) is 14.1 Å². The summed E-state index contributed by atoms with van der Waals surface area (Å²) < 4.78 is 4.04. The quantitative estimate of drug-likeness (QED) is 0.464. The Balaban J connectivity index is 0.000000171. The van der Waals surface area contributed by atoms with E-state index in [1.807, 2.05) is 61.3 Å². The summed E-state index contributed by atoms with van der Waals surface area (Å²) in [6.07, 6.45) is 0. The molecule has 0 unspecified atom stereocenters. The summed E-state index contributed by atoms with van der Waals surface area (Å²) in [5.41, 5.74) is 0. The average molecular weight is 345 g/mol. The summed E-state index contributed by atoms with van der Waals surface area (Å²) in [6.45, 7) is 20.0. The molecular formula is C24H28N2. The second-order valence-corrected chi connectivity index (χ2v) is 6.00. The van der Waals surface area contributed by atoms with Gasteiger partial charge in [-0.3, -0.25) is 0 Å². The fraction of sp³-hybridized carbons (Fsp3) is 0.167. The summed E-state index contributed by atoms with van der Waals surface area (Å²) in [5.74, 6) is 0. The summed E-state index contributed by atoms with van der Waals surface area (Å²) in [6, 6.07) is 16.4. The predicted molar refractivity (Wildman–Crippen MR) is 118 cm³/mol. The van der Waals surface area contributed by atoms with Gasteiger partial charge in [0.25, 0.3) is 0 Å². The minimum absolute atomic E-state index is 1.04. The van der Waals surface area contributed by atoms with Gasteiger partial charge in [0.1, 0.15) is 0 Å². The second kappa shape index (κ2) is 7.92. The highest BCUT2D eigenvalue weighted by atomic mass is 14.9. The standard InChI is InChI=1S/2C11H11N.C2H6/c2*1-8-10-6-4-5-7-11(10)9(2)12(8)3;1-2/h2*4-7H,1-2H2,3H3;1-2H3. The lowest BCUT2D eigenvalue weighted by atomic mass is 10.2. The van der Waals surface area contributed by atoms with Crippen LogP contribution < -0.4 is 21.4 Å². The van der Waals surface area contributed by atoms with Gasteiger partial charge in [0.05, 0.1) is 0 Å². The van der Waals surface area contributed by atoms with E-state index in [4.69, 9.17) is 0 Å². The minimum Gasteiger partial charge on any atom is -0.345 e. The van der Waals surface area contributed by atoms with Crippen LogP contribution in [0.1, 0.15) is 13.8 Å². The largest absolute Gasteiger partial charge is 0.345 e. The highest BCUT2D eigenvalue weighted by molar-refractivity contribution is 5.84. The lowest BCUT2D eigenvalue weighted by Gasteiger charge is -1.87. The molecule has 26 heavy (non-hydrogen) atoms. The molecular weight excluding hydrogens is 316 g/mol. The van der Waals surface area contributed by atoms with Crippen LogP contribution in [0.25, 0.3) is 47.9 Å². The first-order chi connectivity index (χ1) is 12.4. The normalized spacial score (nSPS) is 10.2. The van der Waals surface area contributed by atoms with Gasteiger partial charge in [-0.15, -0.1) is 0 Å². The zero-order chi connectivity index (χ0) is 19.4. The van der Waals surface area contributed by atoms with Crippen molar-refractivity contribution in [2.45, 2.75) is 13.8 Å². The second-order valence-electron chi connectivity index (χ2n) is 6.00. The number of hydrogen-bond acceptors (Lipinski definition) is 0. The van der Waals surface area contributed by atoms with Crippen molar-refractivity contribution in [1.82, 2.24) is 9.13 Å². The van der Waals surface area contributed by atoms with Crippen LogP contribution in [0.3, 0.4) is 0 Å². The Kier molecular flexibility index (Phi) is 5.89. The Morgan fingerprint density at radius 1 is 0.500 bits per heavy atom. The van der Waals surface area contributed by atoms with Gasteiger partial charge in [-0.05, 0) is 0 Å². The van der Waals surface area contributed by atoms with Crippen LogP contribution in [0, 0.1) is 0 Å². The molecule has 0 amide bonds. The van der Waals surface area contributed by atoms with Crippen LogP contribution in [0.15, 0.2) is 48.5 Å². The molecule has 4 aromatic rings. The SMILES string of the molecule is C=c1c2ccccc2c(=C)n1C.C=c1c2ccccc2c(=C)n1C.CC. The highest BCUT2D eigenvalue weighted by Gasteiger charge is 1.99. The van der Waals surface area contributed by atoms with Gasteiger partial charge in [-0.1, -0.05) is 88.7 Å². The Morgan fingerprint density at radius 3 is 0.885 bits per heavy atom. The molecule has 0 aliphatic heterocycles. The van der Waals surface area contributed by atoms with Crippen LogP contribution in [0.4, 0.5) is 0 Å². The molecule has 0 radical (unpaired) electrons. The molecule has 0 bridgehead atoms. The van der Waals surface area contributed by atoms with E-state index >= 15 is 0 Å². The van der Waals surface area contributed by atoms with E-state index in [1.54, 1.807) is 0 Å². The van der Waals surface area contributed by atoms with Crippen molar-refractivity contribution in [2.75, 3.05) is 0 Å². The maximum absolute atomic E-state index is 3.99. The maximum atomic E-state index is 3.99. The monoisotopic (exact) mass is 344 g/mol. The molecule has 2 aromatic heterocycles. The topological polar surface area (TPSA) is 9.86 Å². The van der Waals surface area contributed by atoms with E-state index in [2.05, 4.69) is 50.6 Å². The predicted octanol–water partition coefficient (Wildman–Crippen LogP) is 3.02. The zero-order valence-electron chi connectivity index (χ0n) is 16.3. The Morgan fingerprint density at radius 2 is 0.692 bits per heavy atom. The molecule has 0 saturated carbocycles. The van der Waals surface area contributed by atoms with Gasteiger partial charge in [0.15, 0.2) is 0 Å². The lowest BCUT2D eigenvalue weighted by molar-refractivity contribution is 0.871. The number of aromatic nitrogens is 2. The molecule has 2 nitrogen and oxygen atoms in total. The number of fused-ring (bicyclic) bond motifs is 2. The Labute approximate surface area is 155 Å². The third-order valence-electron chi connectivity index (χ3n) is 4.72. The number of rotatable bonds is 0. The van der Waals surface area contributed by atoms with Crippen molar-refractivity contribution < 1.29 is 0 Å². The molecule has 134 valence electrons. The first-order valence-corrected chi connectivity index (χ1v) is 8.86. The fourth-order valence-electron chi connectivity index (χ4n) is 3.02. The van der Waals surface area contributed by atoms with Gasteiger partial charge in [0, 0.05) is 57.0 Å². The van der Waals surface area contributed by atoms with E-state index in [-0.39, 0.29) is 0 Å². The third kappa shape index (κ3) is 3.23. The van der Waals surface area contributed by atoms with Crippen LogP contribution in [0.5, 0.6) is 0 Å². The lowest BCUT2D eigenvalue weighted by Crippen LogP contribution is -2.20. The minimum atomic E-state index is 1.04. The molecule has 2 aromatic carbocycles. The molecule has 2 heteroatoms. The first kappa shape index (κ1) is 19.3. The van der Waals surface area contributed by atoms with Crippen LogP contribution in [-0.2, 0) is 14.1 Å². The summed E-state index contributed by atoms with van der Waals surface area (Å²) in [4.78, 5) is 0. The summed E-state index contributed by atoms with van der Waals surface area (Å²) in [5, 5.41) is 8.95. The van der Waals surface area contributed by atoms with Crippen molar-refractivity contribution >= 4 is 47.9 Å². The third-order valence-corrected chi connectivity index (χ3v) is 4.72. The summed E-state index contributed by atoms with van der Waals surface area (Å²) in [7, 11) is 3.98. The maximum Gasteiger partial charge on any atom is 0.0415 e. The van der Waals surface area contributed by atoms with Crippen LogP contribution in [0.2, 0.25) is 0 Å². The fourth-order valence-corrected chi connectivity index (χ4v) is 3.02. The zero-order valence-corrected chi connectivity index (χ0v) is 16.3. The van der Waals surface area contributed by atoms with Gasteiger partial charge in [-0.2, -0.15) is 0 Å². The van der Waals surface area contributed by atoms with E-state index in [0.29, 0.717) is 0 Å². The highest BCUT2D eigenvalue weighted by Crippen LogP contribution is 2.03. The van der Waals surface area contributed by atoms with E-state index in [1.165, 1.54) is 21.5 Å². The van der Waals surface area contributed by atoms with Gasteiger partial charge in [-0.25, -0.2) is 0 Å². The average Bonchev–Trinajstić information content (AvgIpc) is 3.05. The molecule has 0 atom stereocenters. The molecule has 0 aliphatic rings. The van der Waals surface area contributed by atoms with Crippen molar-refractivity contribution in [3.8, 4) is 0 Å². The molecule has 0 fully saturated rings. The molecule has 0 aliphatic carbocycles. The van der Waals surface area contributed by atoms with Crippen molar-refractivity contribution in [3.63, 3.8) is 0 Å². The van der Waals surface area contributed by atoms with Crippen LogP contribution >= 0.6 is 0 Å². The molecule has 2 heterocycles. The van der Waals surface area contributed by atoms with E-state index < -0.39 is 0 Å². The Hall–Kier alpha value is -3.00. The molecule has 0 spiro atoms. The van der Waals surface area contributed by atoms with Gasteiger partial charge >= 0.3 is 0 Å². The number of nitrogens with zero attached hydrogens (tertiary/aromatic N) is 2. The molecule has 0 N–H and O–H groups in total. The molecule has 0 saturated heterocycles. The summed E-state index contributed by atoms with van der Waals surface area (Å²) >= 11 is 0. The number of benzene rings is 2. The smallest absolute Gasteiger partial charge is 0.0415 e. The first-order valence-electron chi connectivity index (χ1n) is 8.86. The van der Waals surface area contributed by atoms with E-state index in [9.17, 15) is 0 Å². The van der Waals surface area contributed by atoms with E-state index in [0.717, 1.165) is 21.4 Å². The van der Waals surface area contributed by atoms with Crippen LogP contribution in [-0.4, -0.2) is 9.13 Å². The van der Waals surface area contributed by atoms with Gasteiger partial charge < -0.3 is 9.13 Å².